The van der Waals surface area contributed by atoms with Crippen LogP contribution in [-0.4, -0.2) is 18.2 Å². The zero-order valence-corrected chi connectivity index (χ0v) is 20.7. The number of hydrogen-bond acceptors (Lipinski definition) is 7. The minimum atomic E-state index is -0.271. The molecule has 0 spiro atoms. The van der Waals surface area contributed by atoms with E-state index in [1.54, 1.807) is 31.6 Å². The van der Waals surface area contributed by atoms with Gasteiger partial charge in [-0.15, -0.1) is 14.8 Å². The number of benzene rings is 1. The minimum absolute atomic E-state index is 0.271. The summed E-state index contributed by atoms with van der Waals surface area (Å²) in [6.07, 6.45) is 9.01. The van der Waals surface area contributed by atoms with E-state index in [9.17, 15) is 0 Å². The van der Waals surface area contributed by atoms with E-state index in [4.69, 9.17) is 20.9 Å². The fourth-order valence-electron chi connectivity index (χ4n) is 2.36. The quantitative estimate of drug-likeness (QED) is 0.116. The van der Waals surface area contributed by atoms with Crippen LogP contribution < -0.4 is 10.8 Å². The molecule has 8 heteroatoms. The molecule has 0 saturated heterocycles. The van der Waals surface area contributed by atoms with E-state index in [0.717, 1.165) is 39.5 Å². The van der Waals surface area contributed by atoms with Gasteiger partial charge < -0.3 is 5.32 Å². The van der Waals surface area contributed by atoms with Gasteiger partial charge in [-0.25, -0.2) is 0 Å². The summed E-state index contributed by atoms with van der Waals surface area (Å²) in [5.74, 6) is 0. The predicted molar refractivity (Wildman–Crippen MR) is 136 cm³/mol. The van der Waals surface area contributed by atoms with Crippen LogP contribution in [0.25, 0.3) is 6.08 Å². The van der Waals surface area contributed by atoms with E-state index in [1.165, 1.54) is 0 Å². The van der Waals surface area contributed by atoms with Crippen LogP contribution in [0.5, 0.6) is 0 Å². The van der Waals surface area contributed by atoms with E-state index >= 15 is 0 Å². The topological polar surface area (TPSA) is 67.8 Å². The van der Waals surface area contributed by atoms with Crippen LogP contribution in [0.3, 0.4) is 0 Å². The van der Waals surface area contributed by atoms with Gasteiger partial charge in [0, 0.05) is 40.6 Å². The van der Waals surface area contributed by atoms with Crippen molar-refractivity contribution in [3.63, 3.8) is 0 Å². The molecule has 1 aromatic heterocycles. The van der Waals surface area contributed by atoms with Gasteiger partial charge >= 0.3 is 0 Å². The van der Waals surface area contributed by atoms with Crippen molar-refractivity contribution in [2.24, 2.45) is 4.99 Å². The zero-order valence-electron chi connectivity index (χ0n) is 19.1. The monoisotopic (exact) mass is 474 g/mol. The highest BCUT2D eigenvalue weighted by Crippen LogP contribution is 2.24. The van der Waals surface area contributed by atoms with Crippen LogP contribution >= 0.6 is 23.6 Å². The summed E-state index contributed by atoms with van der Waals surface area (Å²) in [5.41, 5.74) is 6.77. The number of halogens is 1. The summed E-state index contributed by atoms with van der Waals surface area (Å²) in [6, 6.07) is 11.2. The second-order valence-electron chi connectivity index (χ2n) is 6.30. The van der Waals surface area contributed by atoms with Gasteiger partial charge in [-0.3, -0.25) is 9.98 Å². The largest absolute Gasteiger partial charge is 0.367 e. The van der Waals surface area contributed by atoms with E-state index in [2.05, 4.69) is 27.4 Å². The number of pyridine rings is 1. The summed E-state index contributed by atoms with van der Waals surface area (Å²) < 4.78 is 5.09. The first-order valence-electron chi connectivity index (χ1n) is 10.1. The number of allylic oxidation sites excluding steroid dienone is 4. The van der Waals surface area contributed by atoms with Crippen molar-refractivity contribution in [1.29, 1.82) is 0 Å². The second-order valence-corrected chi connectivity index (χ2v) is 7.51. The van der Waals surface area contributed by atoms with E-state index in [-0.39, 0.29) is 6.17 Å². The molecule has 0 aliphatic carbocycles. The fraction of sp³-hybridized carbons (Fsp3) is 0.250. The van der Waals surface area contributed by atoms with Gasteiger partial charge in [-0.2, -0.15) is 0 Å². The van der Waals surface area contributed by atoms with E-state index in [0.29, 0.717) is 5.02 Å². The molecular weight excluding hydrogens is 444 g/mol. The smallest absolute Gasteiger partial charge is 0.146 e. The van der Waals surface area contributed by atoms with Gasteiger partial charge in [-0.05, 0) is 56.3 Å². The molecule has 2 heterocycles. The lowest BCUT2D eigenvalue weighted by Gasteiger charge is -2.25. The summed E-state index contributed by atoms with van der Waals surface area (Å²) >= 11 is 6.92. The molecule has 0 saturated carbocycles. The highest BCUT2D eigenvalue weighted by molar-refractivity contribution is 7.94. The molecule has 0 fully saturated rings. The molecule has 2 aromatic rings. The van der Waals surface area contributed by atoms with Gasteiger partial charge in [0.25, 0.3) is 0 Å². The molecule has 1 atom stereocenters. The molecule has 3 rings (SSSR count). The van der Waals surface area contributed by atoms with Crippen LogP contribution in [0, 0.1) is 0 Å². The Balaban J connectivity index is 0.000000436. The lowest BCUT2D eigenvalue weighted by atomic mass is 10.1. The van der Waals surface area contributed by atoms with E-state index in [1.807, 2.05) is 70.2 Å². The van der Waals surface area contributed by atoms with Crippen LogP contribution in [0.2, 0.25) is 5.02 Å². The summed E-state index contributed by atoms with van der Waals surface area (Å²) in [6.45, 7) is 11.6. The van der Waals surface area contributed by atoms with Crippen molar-refractivity contribution in [2.75, 3.05) is 7.05 Å². The molecule has 1 unspecified atom stereocenters. The molecule has 1 aliphatic rings. The molecular formula is C24H31ClN4O2S. The Hall–Kier alpha value is -2.42. The van der Waals surface area contributed by atoms with Gasteiger partial charge in [0.05, 0.1) is 17.7 Å². The number of aromatic nitrogens is 1. The van der Waals surface area contributed by atoms with Crippen molar-refractivity contribution in [2.45, 2.75) is 38.8 Å². The van der Waals surface area contributed by atoms with Crippen LogP contribution in [0.1, 0.15) is 45.1 Å². The number of hydroxylamine groups is 1. The minimum Gasteiger partial charge on any atom is -0.367 e. The second kappa shape index (κ2) is 16.2. The molecule has 0 radical (unpaired) electrons. The van der Waals surface area contributed by atoms with Crippen molar-refractivity contribution >= 4 is 35.9 Å². The fourth-order valence-corrected chi connectivity index (χ4v) is 2.88. The van der Waals surface area contributed by atoms with Gasteiger partial charge in [-0.1, -0.05) is 49.7 Å². The molecule has 2 N–H and O–H groups in total. The van der Waals surface area contributed by atoms with E-state index < -0.39 is 0 Å². The number of aliphatic imine (C=N–C) groups is 1. The summed E-state index contributed by atoms with van der Waals surface area (Å²) in [5, 5.41) is 3.91. The molecule has 32 heavy (non-hydrogen) atoms. The van der Waals surface area contributed by atoms with Crippen molar-refractivity contribution in [1.82, 2.24) is 15.8 Å². The predicted octanol–water partition coefficient (Wildman–Crippen LogP) is 6.70. The van der Waals surface area contributed by atoms with Gasteiger partial charge in [0.1, 0.15) is 6.17 Å². The maximum atomic E-state index is 5.82. The number of nitrogens with zero attached hydrogens (tertiary/aromatic N) is 2. The van der Waals surface area contributed by atoms with Crippen molar-refractivity contribution in [3.05, 3.63) is 88.9 Å². The Bertz CT molecular complexity index is 914. The first-order valence-corrected chi connectivity index (χ1v) is 11.3. The molecule has 6 nitrogen and oxygen atoms in total. The lowest BCUT2D eigenvalue weighted by Crippen LogP contribution is -2.36. The first kappa shape index (κ1) is 27.6. The maximum Gasteiger partial charge on any atom is 0.146 e. The number of hydrogen-bond donors (Lipinski definition) is 2. The maximum absolute atomic E-state index is 5.82. The highest BCUT2D eigenvalue weighted by atomic mass is 35.5. The molecule has 0 amide bonds. The lowest BCUT2D eigenvalue weighted by molar-refractivity contribution is -0.257. The third-order valence-electron chi connectivity index (χ3n) is 3.65. The average molecular weight is 475 g/mol. The molecule has 172 valence electrons. The molecule has 0 bridgehead atoms. The number of fused-ring (bicyclic) bond motifs is 1. The zero-order chi connectivity index (χ0) is 23.8. The number of rotatable bonds is 7. The van der Waals surface area contributed by atoms with Gasteiger partial charge in [0.15, 0.2) is 0 Å². The van der Waals surface area contributed by atoms with Crippen molar-refractivity contribution in [3.8, 4) is 0 Å². The first-order chi connectivity index (χ1) is 15.5. The third kappa shape index (κ3) is 10.7. The van der Waals surface area contributed by atoms with Gasteiger partial charge in [0.2, 0.25) is 0 Å². The van der Waals surface area contributed by atoms with Crippen LogP contribution in [0.4, 0.5) is 0 Å². The van der Waals surface area contributed by atoms with Crippen LogP contribution in [-0.2, 0) is 9.32 Å². The Labute approximate surface area is 200 Å². The van der Waals surface area contributed by atoms with Crippen molar-refractivity contribution < 1.29 is 9.32 Å². The Morgan fingerprint density at radius 1 is 1.28 bits per heavy atom. The SMILES string of the molecule is C=C(C)/C=C\C=NC.CC.CC1=Cc2cccnc2C(NOOSc2ccc(Cl)cc2)N1. The summed E-state index contributed by atoms with van der Waals surface area (Å²) in [7, 11) is 1.74. The normalized spacial score (nSPS) is 14.4. The average Bonchev–Trinajstić information content (AvgIpc) is 2.79. The summed E-state index contributed by atoms with van der Waals surface area (Å²) in [4.78, 5) is 14.1. The highest BCUT2D eigenvalue weighted by Gasteiger charge is 2.20. The standard InChI is InChI=1S/C15H14ClN3O2S.C7H11N.C2H6/c1-10-9-11-3-2-8-17-14(11)15(18-10)19-20-21-22-13-6-4-12(16)5-7-13;1-7(2)5-4-6-8-3;1-2/h2-9,15,18-19H,1H3;4-6H,1H2,2-3H3;1-2H3/b;5-4-,8-6?;. The Morgan fingerprint density at radius 3 is 2.66 bits per heavy atom. The molecule has 1 aliphatic heterocycles. The van der Waals surface area contributed by atoms with Crippen LogP contribution in [0.15, 0.2) is 82.5 Å². The third-order valence-corrected chi connectivity index (χ3v) is 4.50. The Kier molecular flexibility index (Phi) is 14.0. The number of nitrogens with one attached hydrogen (secondary N) is 2. The molecule has 1 aromatic carbocycles. The Morgan fingerprint density at radius 2 is 2.00 bits per heavy atom.